The van der Waals surface area contributed by atoms with Gasteiger partial charge in [0, 0.05) is 16.8 Å². The van der Waals surface area contributed by atoms with Crippen molar-refractivity contribution in [2.75, 3.05) is 5.73 Å². The molecule has 0 bridgehead atoms. The van der Waals surface area contributed by atoms with E-state index >= 15 is 0 Å². The first-order chi connectivity index (χ1) is 7.66. The van der Waals surface area contributed by atoms with Gasteiger partial charge >= 0.3 is 5.69 Å². The molecule has 5 nitrogen and oxygen atoms in total. The molecule has 2 aromatic rings. The second kappa shape index (κ2) is 4.28. The number of H-pyrrole nitrogens is 2. The van der Waals surface area contributed by atoms with Crippen LogP contribution in [0.1, 0.15) is 0 Å². The summed E-state index contributed by atoms with van der Waals surface area (Å²) in [6.45, 7) is 0. The molecule has 0 saturated heterocycles. The highest BCUT2D eigenvalue weighted by molar-refractivity contribution is 7.99. The molecule has 6 heteroatoms. The molecule has 0 fully saturated rings. The summed E-state index contributed by atoms with van der Waals surface area (Å²) in [7, 11) is 0. The minimum Gasteiger partial charge on any atom is -0.398 e. The van der Waals surface area contributed by atoms with Crippen molar-refractivity contribution in [3.63, 3.8) is 0 Å². The molecule has 0 amide bonds. The van der Waals surface area contributed by atoms with Crippen LogP contribution in [-0.2, 0) is 0 Å². The quantitative estimate of drug-likeness (QED) is 0.671. The smallest absolute Gasteiger partial charge is 0.325 e. The van der Waals surface area contributed by atoms with E-state index in [1.165, 1.54) is 18.0 Å². The van der Waals surface area contributed by atoms with Crippen LogP contribution in [0.25, 0.3) is 0 Å². The predicted octanol–water partition coefficient (Wildman–Crippen LogP) is 0.797. The van der Waals surface area contributed by atoms with Crippen molar-refractivity contribution < 1.29 is 0 Å². The molecule has 82 valence electrons. The Labute approximate surface area is 94.7 Å². The molecule has 1 heterocycles. The summed E-state index contributed by atoms with van der Waals surface area (Å²) in [5, 5.41) is 0. The average molecular weight is 235 g/mol. The number of benzene rings is 1. The van der Waals surface area contributed by atoms with E-state index in [2.05, 4.69) is 9.97 Å². The van der Waals surface area contributed by atoms with Gasteiger partial charge in [0.25, 0.3) is 5.56 Å². The fraction of sp³-hybridized carbons (Fsp3) is 0. The molecule has 0 atom stereocenters. The van der Waals surface area contributed by atoms with Crippen molar-refractivity contribution in [3.8, 4) is 0 Å². The summed E-state index contributed by atoms with van der Waals surface area (Å²) in [5.74, 6) is 0. The van der Waals surface area contributed by atoms with Gasteiger partial charge in [0.2, 0.25) is 0 Å². The molecule has 0 radical (unpaired) electrons. The highest BCUT2D eigenvalue weighted by Crippen LogP contribution is 2.28. The minimum atomic E-state index is -0.518. The zero-order valence-corrected chi connectivity index (χ0v) is 9.01. The lowest BCUT2D eigenvalue weighted by molar-refractivity contribution is 0.976. The Bertz CT molecular complexity index is 618. The zero-order chi connectivity index (χ0) is 11.5. The second-order valence-electron chi connectivity index (χ2n) is 3.08. The van der Waals surface area contributed by atoms with Crippen LogP contribution in [-0.4, -0.2) is 9.97 Å². The van der Waals surface area contributed by atoms with Gasteiger partial charge < -0.3 is 10.7 Å². The SMILES string of the molecule is Nc1ccccc1Sc1c[nH]c(=O)[nH]c1=O. The topological polar surface area (TPSA) is 91.7 Å². The van der Waals surface area contributed by atoms with E-state index in [0.29, 0.717) is 10.6 Å². The second-order valence-corrected chi connectivity index (χ2v) is 4.16. The number of nitrogen functional groups attached to an aromatic ring is 1. The Morgan fingerprint density at radius 3 is 2.56 bits per heavy atom. The Balaban J connectivity index is 2.38. The largest absolute Gasteiger partial charge is 0.398 e. The lowest BCUT2D eigenvalue weighted by Gasteiger charge is -2.03. The number of aromatic nitrogens is 2. The van der Waals surface area contributed by atoms with Crippen LogP contribution in [0, 0.1) is 0 Å². The van der Waals surface area contributed by atoms with Crippen LogP contribution in [0.15, 0.2) is 49.8 Å². The molecule has 0 spiro atoms. The molecule has 16 heavy (non-hydrogen) atoms. The van der Waals surface area contributed by atoms with E-state index in [9.17, 15) is 9.59 Å². The molecule has 0 saturated carbocycles. The molecular weight excluding hydrogens is 226 g/mol. The molecule has 1 aromatic carbocycles. The van der Waals surface area contributed by atoms with Crippen LogP contribution in [0.4, 0.5) is 5.69 Å². The Kier molecular flexibility index (Phi) is 2.82. The summed E-state index contributed by atoms with van der Waals surface area (Å²) in [6.07, 6.45) is 1.37. The molecule has 0 aliphatic rings. The van der Waals surface area contributed by atoms with Crippen molar-refractivity contribution in [2.24, 2.45) is 0 Å². The van der Waals surface area contributed by atoms with E-state index in [1.807, 2.05) is 18.2 Å². The van der Waals surface area contributed by atoms with Crippen LogP contribution in [0.5, 0.6) is 0 Å². The predicted molar refractivity (Wildman–Crippen MR) is 62.7 cm³/mol. The minimum absolute atomic E-state index is 0.400. The Hall–Kier alpha value is -1.95. The molecule has 0 unspecified atom stereocenters. The number of nitrogens with one attached hydrogen (secondary N) is 2. The first-order valence-electron chi connectivity index (χ1n) is 4.51. The van der Waals surface area contributed by atoms with Gasteiger partial charge in [0.05, 0.1) is 4.90 Å². The summed E-state index contributed by atoms with van der Waals surface area (Å²) < 4.78 is 0. The number of anilines is 1. The van der Waals surface area contributed by atoms with Crippen LogP contribution < -0.4 is 17.0 Å². The number of rotatable bonds is 2. The molecule has 4 N–H and O–H groups in total. The summed E-state index contributed by atoms with van der Waals surface area (Å²) >= 11 is 1.21. The highest BCUT2D eigenvalue weighted by atomic mass is 32.2. The third-order valence-corrected chi connectivity index (χ3v) is 3.04. The third-order valence-electron chi connectivity index (χ3n) is 1.92. The first-order valence-corrected chi connectivity index (χ1v) is 5.33. The van der Waals surface area contributed by atoms with Crippen molar-refractivity contribution >= 4 is 17.4 Å². The number of para-hydroxylation sites is 1. The lowest BCUT2D eigenvalue weighted by Crippen LogP contribution is -2.22. The Morgan fingerprint density at radius 1 is 1.12 bits per heavy atom. The number of hydrogen-bond donors (Lipinski definition) is 3. The van der Waals surface area contributed by atoms with Gasteiger partial charge in [-0.05, 0) is 12.1 Å². The van der Waals surface area contributed by atoms with Crippen molar-refractivity contribution in [2.45, 2.75) is 9.79 Å². The maximum atomic E-state index is 11.4. The van der Waals surface area contributed by atoms with Crippen LogP contribution in [0.2, 0.25) is 0 Å². The third kappa shape index (κ3) is 2.17. The molecule has 1 aromatic heterocycles. The molecule has 0 aliphatic carbocycles. The summed E-state index contributed by atoms with van der Waals surface area (Å²) in [5.41, 5.74) is 5.40. The van der Waals surface area contributed by atoms with Gasteiger partial charge in [-0.25, -0.2) is 4.79 Å². The fourth-order valence-electron chi connectivity index (χ4n) is 1.17. The van der Waals surface area contributed by atoms with Gasteiger partial charge in [-0.2, -0.15) is 0 Å². The lowest BCUT2D eigenvalue weighted by atomic mass is 10.3. The molecular formula is C10H9N3O2S. The summed E-state index contributed by atoms with van der Waals surface area (Å²) in [6, 6.07) is 7.21. The van der Waals surface area contributed by atoms with Crippen molar-refractivity contribution in [1.82, 2.24) is 9.97 Å². The Morgan fingerprint density at radius 2 is 1.88 bits per heavy atom. The van der Waals surface area contributed by atoms with Gasteiger partial charge in [0.1, 0.15) is 0 Å². The van der Waals surface area contributed by atoms with Gasteiger partial charge in [-0.15, -0.1) is 0 Å². The van der Waals surface area contributed by atoms with E-state index in [0.717, 1.165) is 4.90 Å². The van der Waals surface area contributed by atoms with E-state index in [1.54, 1.807) is 6.07 Å². The van der Waals surface area contributed by atoms with E-state index < -0.39 is 11.2 Å². The monoisotopic (exact) mass is 235 g/mol. The first kappa shape index (κ1) is 10.6. The highest BCUT2D eigenvalue weighted by Gasteiger charge is 2.04. The number of aromatic amines is 2. The standard InChI is InChI=1S/C10H9N3O2S/c11-6-3-1-2-4-7(6)16-8-5-12-10(15)13-9(8)14/h1-5H,11H2,(H2,12,13,14,15). The zero-order valence-electron chi connectivity index (χ0n) is 8.19. The van der Waals surface area contributed by atoms with E-state index in [-0.39, 0.29) is 0 Å². The maximum Gasteiger partial charge on any atom is 0.325 e. The normalized spacial score (nSPS) is 10.2. The van der Waals surface area contributed by atoms with Crippen molar-refractivity contribution in [1.29, 1.82) is 0 Å². The number of hydrogen-bond acceptors (Lipinski definition) is 4. The molecule has 2 rings (SSSR count). The number of nitrogens with two attached hydrogens (primary N) is 1. The van der Waals surface area contributed by atoms with Gasteiger partial charge in [-0.3, -0.25) is 9.78 Å². The van der Waals surface area contributed by atoms with Gasteiger partial charge in [0.15, 0.2) is 0 Å². The maximum absolute atomic E-state index is 11.4. The van der Waals surface area contributed by atoms with Crippen LogP contribution >= 0.6 is 11.8 Å². The molecule has 0 aliphatic heterocycles. The summed E-state index contributed by atoms with van der Waals surface area (Å²) in [4.78, 5) is 28.0. The van der Waals surface area contributed by atoms with Crippen molar-refractivity contribution in [3.05, 3.63) is 51.3 Å². The van der Waals surface area contributed by atoms with Crippen LogP contribution in [0.3, 0.4) is 0 Å². The van der Waals surface area contributed by atoms with E-state index in [4.69, 9.17) is 5.73 Å². The fourth-order valence-corrected chi connectivity index (χ4v) is 2.00. The average Bonchev–Trinajstić information content (AvgIpc) is 2.25. The van der Waals surface area contributed by atoms with Gasteiger partial charge in [-0.1, -0.05) is 23.9 Å².